The first kappa shape index (κ1) is 22.7. The van der Waals surface area contributed by atoms with E-state index in [0.29, 0.717) is 0 Å². The zero-order valence-electron chi connectivity index (χ0n) is 14.8. The summed E-state index contributed by atoms with van der Waals surface area (Å²) in [5, 5.41) is 0. The third-order valence-corrected chi connectivity index (χ3v) is 6.15. The van der Waals surface area contributed by atoms with Crippen molar-refractivity contribution in [2.75, 3.05) is 5.75 Å². The summed E-state index contributed by atoms with van der Waals surface area (Å²) in [6.45, 7) is 2.28. The second kappa shape index (κ2) is 19.7. The molecule has 0 aliphatic heterocycles. The quantitative estimate of drug-likeness (QED) is 0.203. The predicted molar refractivity (Wildman–Crippen MR) is 103 cm³/mol. The van der Waals surface area contributed by atoms with Crippen LogP contribution in [0.2, 0.25) is 0 Å². The first-order valence-corrected chi connectivity index (χ1v) is 12.4. The van der Waals surface area contributed by atoms with Crippen LogP contribution in [-0.2, 0) is 0 Å². The fourth-order valence-corrected chi connectivity index (χ4v) is 4.17. The Morgan fingerprint density at radius 3 is 1.18 bits per heavy atom. The van der Waals surface area contributed by atoms with Crippen LogP contribution in [0.25, 0.3) is 0 Å². The van der Waals surface area contributed by atoms with Gasteiger partial charge in [-0.05, 0) is 6.42 Å². The second-order valence-corrected chi connectivity index (χ2v) is 9.32. The van der Waals surface area contributed by atoms with Gasteiger partial charge in [0.2, 0.25) is 7.58 Å². The maximum absolute atomic E-state index is 8.76. The van der Waals surface area contributed by atoms with Crippen LogP contribution in [-0.4, -0.2) is 15.5 Å². The molecule has 22 heavy (non-hydrogen) atoms. The Hall–Kier alpha value is 0.700. The largest absolute Gasteiger partial charge is 0.342 e. The van der Waals surface area contributed by atoms with Gasteiger partial charge >= 0.3 is 0 Å². The van der Waals surface area contributed by atoms with Gasteiger partial charge in [-0.3, -0.25) is 0 Å². The van der Waals surface area contributed by atoms with Crippen LogP contribution in [0.4, 0.5) is 0 Å². The highest BCUT2D eigenvalue weighted by atomic mass is 32.7. The molecule has 0 radical (unpaired) electrons. The van der Waals surface area contributed by atoms with Crippen molar-refractivity contribution >= 4 is 19.0 Å². The predicted octanol–water partition coefficient (Wildman–Crippen LogP) is 7.19. The lowest BCUT2D eigenvalue weighted by Gasteiger charge is -2.04. The van der Waals surface area contributed by atoms with E-state index in [1.807, 2.05) is 0 Å². The molecule has 134 valence electrons. The molecule has 0 atom stereocenters. The standard InChI is InChI=1S/C18H39O2PS/c1-2-3-4-5-6-7-8-9-10-11-12-13-14-15-16-17-18-22-21(19)20/h19-20H,2-18H2,1H3. The smallest absolute Gasteiger partial charge is 0.232 e. The maximum Gasteiger partial charge on any atom is 0.232 e. The van der Waals surface area contributed by atoms with Crippen molar-refractivity contribution in [3.63, 3.8) is 0 Å². The first-order valence-electron chi connectivity index (χ1n) is 9.58. The van der Waals surface area contributed by atoms with Gasteiger partial charge in [0.1, 0.15) is 0 Å². The molecule has 0 saturated heterocycles. The molecule has 4 heteroatoms. The van der Waals surface area contributed by atoms with Crippen molar-refractivity contribution in [1.29, 1.82) is 0 Å². The highest BCUT2D eigenvalue weighted by Crippen LogP contribution is 2.41. The molecule has 0 bridgehead atoms. The van der Waals surface area contributed by atoms with Crippen LogP contribution in [0, 0.1) is 0 Å². The Labute approximate surface area is 144 Å². The number of unbranched alkanes of at least 4 members (excludes halogenated alkanes) is 15. The van der Waals surface area contributed by atoms with Crippen molar-refractivity contribution in [1.82, 2.24) is 0 Å². The number of rotatable bonds is 18. The van der Waals surface area contributed by atoms with Crippen LogP contribution in [0.5, 0.6) is 0 Å². The van der Waals surface area contributed by atoms with Gasteiger partial charge in [0.05, 0.1) is 0 Å². The molecule has 0 heterocycles. The van der Waals surface area contributed by atoms with Gasteiger partial charge in [0, 0.05) is 5.75 Å². The lowest BCUT2D eigenvalue weighted by atomic mass is 10.0. The molecule has 0 aliphatic carbocycles. The number of hydrogen-bond donors (Lipinski definition) is 2. The van der Waals surface area contributed by atoms with Crippen molar-refractivity contribution in [2.45, 2.75) is 110 Å². The molecule has 0 aliphatic rings. The molecule has 0 spiro atoms. The van der Waals surface area contributed by atoms with Gasteiger partial charge in [-0.25, -0.2) is 0 Å². The van der Waals surface area contributed by atoms with Crippen LogP contribution >= 0.6 is 19.0 Å². The minimum Gasteiger partial charge on any atom is -0.342 e. The average molecular weight is 351 g/mol. The topological polar surface area (TPSA) is 40.5 Å². The maximum atomic E-state index is 8.76. The molecule has 0 saturated carbocycles. The SMILES string of the molecule is CCCCCCCCCCCCCCCCCCSP(O)O. The van der Waals surface area contributed by atoms with Crippen molar-refractivity contribution in [3.8, 4) is 0 Å². The van der Waals surface area contributed by atoms with Crippen LogP contribution < -0.4 is 0 Å². The normalized spacial score (nSPS) is 11.5. The lowest BCUT2D eigenvalue weighted by Crippen LogP contribution is -1.84. The van der Waals surface area contributed by atoms with Crippen molar-refractivity contribution in [2.24, 2.45) is 0 Å². The van der Waals surface area contributed by atoms with Gasteiger partial charge in [-0.2, -0.15) is 0 Å². The average Bonchev–Trinajstić information content (AvgIpc) is 2.50. The molecule has 2 nitrogen and oxygen atoms in total. The van der Waals surface area contributed by atoms with E-state index in [1.54, 1.807) is 0 Å². The van der Waals surface area contributed by atoms with E-state index in [0.717, 1.165) is 12.2 Å². The molecule has 0 aromatic carbocycles. The Morgan fingerprint density at radius 2 is 0.864 bits per heavy atom. The molecular formula is C18H39O2PS. The summed E-state index contributed by atoms with van der Waals surface area (Å²) in [5.74, 6) is 0.900. The van der Waals surface area contributed by atoms with E-state index in [9.17, 15) is 0 Å². The Bertz CT molecular complexity index is 204. The summed E-state index contributed by atoms with van der Waals surface area (Å²) in [6, 6.07) is 0. The molecule has 2 N–H and O–H groups in total. The van der Waals surface area contributed by atoms with Crippen molar-refractivity contribution in [3.05, 3.63) is 0 Å². The van der Waals surface area contributed by atoms with Gasteiger partial charge < -0.3 is 9.79 Å². The summed E-state index contributed by atoms with van der Waals surface area (Å²) < 4.78 is 0. The Balaban J connectivity index is 2.94. The molecule has 0 aromatic rings. The zero-order valence-corrected chi connectivity index (χ0v) is 16.5. The minimum atomic E-state index is -1.73. The van der Waals surface area contributed by atoms with Crippen LogP contribution in [0.1, 0.15) is 110 Å². The Morgan fingerprint density at radius 1 is 0.545 bits per heavy atom. The zero-order chi connectivity index (χ0) is 16.3. The molecule has 0 rings (SSSR count). The molecule has 0 aromatic heterocycles. The lowest BCUT2D eigenvalue weighted by molar-refractivity contribution is 0.505. The van der Waals surface area contributed by atoms with Crippen molar-refractivity contribution < 1.29 is 9.79 Å². The van der Waals surface area contributed by atoms with E-state index in [2.05, 4.69) is 6.92 Å². The van der Waals surface area contributed by atoms with Gasteiger partial charge in [-0.1, -0.05) is 115 Å². The molecule has 0 unspecified atom stereocenters. The van der Waals surface area contributed by atoms with E-state index in [1.165, 1.54) is 108 Å². The summed E-state index contributed by atoms with van der Waals surface area (Å²) in [7, 11) is -1.73. The summed E-state index contributed by atoms with van der Waals surface area (Å²) >= 11 is 1.29. The summed E-state index contributed by atoms with van der Waals surface area (Å²) in [6.07, 6.45) is 22.1. The van der Waals surface area contributed by atoms with E-state index >= 15 is 0 Å². The van der Waals surface area contributed by atoms with Gasteiger partial charge in [0.25, 0.3) is 0 Å². The third-order valence-electron chi connectivity index (χ3n) is 4.20. The van der Waals surface area contributed by atoms with Gasteiger partial charge in [0.15, 0.2) is 0 Å². The van der Waals surface area contributed by atoms with Gasteiger partial charge in [-0.15, -0.1) is 0 Å². The van der Waals surface area contributed by atoms with Crippen LogP contribution in [0.15, 0.2) is 0 Å². The summed E-state index contributed by atoms with van der Waals surface area (Å²) in [5.41, 5.74) is 0. The second-order valence-electron chi connectivity index (χ2n) is 6.39. The monoisotopic (exact) mass is 350 g/mol. The van der Waals surface area contributed by atoms with Crippen LogP contribution in [0.3, 0.4) is 0 Å². The Kier molecular flexibility index (Phi) is 20.4. The van der Waals surface area contributed by atoms with E-state index in [4.69, 9.17) is 9.79 Å². The minimum absolute atomic E-state index is 0.900. The molecule has 0 fully saturated rings. The highest BCUT2D eigenvalue weighted by molar-refractivity contribution is 8.52. The van der Waals surface area contributed by atoms with E-state index < -0.39 is 7.58 Å². The molecular weight excluding hydrogens is 311 g/mol. The third kappa shape index (κ3) is 20.7. The first-order chi connectivity index (χ1) is 10.8. The summed E-state index contributed by atoms with van der Waals surface area (Å²) in [4.78, 5) is 17.5. The highest BCUT2D eigenvalue weighted by Gasteiger charge is 1.98. The van der Waals surface area contributed by atoms with E-state index in [-0.39, 0.29) is 0 Å². The fraction of sp³-hybridized carbons (Fsp3) is 1.00. The molecule has 0 amide bonds. The fourth-order valence-electron chi connectivity index (χ4n) is 2.80. The number of hydrogen-bond acceptors (Lipinski definition) is 3.